The molecule has 2 aliphatic rings. The summed E-state index contributed by atoms with van der Waals surface area (Å²) in [5, 5.41) is 7.13. The first-order valence-corrected chi connectivity index (χ1v) is 18.6. The van der Waals surface area contributed by atoms with Crippen molar-refractivity contribution in [1.82, 2.24) is 30.1 Å². The number of hydrogen-bond acceptors (Lipinski definition) is 8. The first-order chi connectivity index (χ1) is 25.6. The van der Waals surface area contributed by atoms with Crippen LogP contribution < -0.4 is 78.7 Å². The summed E-state index contributed by atoms with van der Waals surface area (Å²) in [6.07, 6.45) is 2.75. The van der Waals surface area contributed by atoms with Crippen LogP contribution in [0.25, 0.3) is 22.0 Å². The number of fused-ring (bicyclic) bond motifs is 2. The SMILES string of the molecule is C=CCN1CC(=O)N2[C@@H](Cc3ccc(OP(=O)([O-])[O-])cc3)C(=O)N(Cc3cccc4c(-c5ccccc5)c[nH]c34)C[C@@H]2N1C(=O)NCc1ccccc1.[Na+].[Na+]. The molecule has 3 heterocycles. The average molecular weight is 779 g/mol. The molecule has 2 fully saturated rings. The Bertz CT molecular complexity index is 2190. The first-order valence-electron chi connectivity index (χ1n) is 17.1. The minimum atomic E-state index is -5.28. The fourth-order valence-corrected chi connectivity index (χ4v) is 7.53. The van der Waals surface area contributed by atoms with Gasteiger partial charge < -0.3 is 39.0 Å². The number of H-pyrrole nitrogens is 1. The van der Waals surface area contributed by atoms with Crippen molar-refractivity contribution in [3.63, 3.8) is 0 Å². The van der Waals surface area contributed by atoms with Gasteiger partial charge in [-0.1, -0.05) is 97.1 Å². The van der Waals surface area contributed by atoms with E-state index in [0.717, 1.165) is 33.2 Å². The number of aromatic nitrogens is 1. The number of carbonyl (C=O) groups excluding carboxylic acids is 3. The topological polar surface area (TPSA) is 164 Å². The van der Waals surface area contributed by atoms with Crippen molar-refractivity contribution in [2.24, 2.45) is 0 Å². The number of urea groups is 1. The van der Waals surface area contributed by atoms with E-state index in [1.807, 2.05) is 85.1 Å². The number of amides is 4. The van der Waals surface area contributed by atoms with Gasteiger partial charge in [0.2, 0.25) is 11.8 Å². The third-order valence-electron chi connectivity index (χ3n) is 9.48. The molecule has 5 aromatic rings. The van der Waals surface area contributed by atoms with Crippen LogP contribution in [0.1, 0.15) is 16.7 Å². The Labute approximate surface area is 363 Å². The molecule has 55 heavy (non-hydrogen) atoms. The number of rotatable bonds is 11. The molecule has 2 aliphatic heterocycles. The Morgan fingerprint density at radius 2 is 1.62 bits per heavy atom. The van der Waals surface area contributed by atoms with E-state index in [-0.39, 0.29) is 116 Å². The largest absolute Gasteiger partial charge is 1.00 e. The molecule has 0 aliphatic carbocycles. The molecule has 2 saturated heterocycles. The van der Waals surface area contributed by atoms with Gasteiger partial charge in [0.05, 0.1) is 18.6 Å². The molecule has 1 aromatic heterocycles. The summed E-state index contributed by atoms with van der Waals surface area (Å²) >= 11 is 0. The number of phosphoric acid groups is 1. The second-order valence-electron chi connectivity index (χ2n) is 12.9. The van der Waals surface area contributed by atoms with Crippen LogP contribution in [-0.4, -0.2) is 74.5 Å². The minimum absolute atomic E-state index is 0. The number of piperazine rings is 1. The molecule has 0 bridgehead atoms. The normalized spacial score (nSPS) is 17.2. The summed E-state index contributed by atoms with van der Waals surface area (Å²) in [5.74, 6) is -0.812. The molecular formula is C39H37N6Na2O7P. The number of nitrogens with one attached hydrogen (secondary N) is 2. The zero-order valence-corrected chi connectivity index (χ0v) is 35.6. The zero-order valence-electron chi connectivity index (χ0n) is 30.7. The summed E-state index contributed by atoms with van der Waals surface area (Å²) in [4.78, 5) is 71.6. The summed E-state index contributed by atoms with van der Waals surface area (Å²) in [6.45, 7) is 4.37. The van der Waals surface area contributed by atoms with Gasteiger partial charge in [-0.15, -0.1) is 6.58 Å². The van der Waals surface area contributed by atoms with Gasteiger partial charge in [-0.25, -0.2) is 14.8 Å². The van der Waals surface area contributed by atoms with E-state index >= 15 is 0 Å². The van der Waals surface area contributed by atoms with Crippen LogP contribution in [0, 0.1) is 0 Å². The van der Waals surface area contributed by atoms with E-state index in [1.165, 1.54) is 22.0 Å². The van der Waals surface area contributed by atoms with Gasteiger partial charge in [0.1, 0.15) is 25.8 Å². The summed E-state index contributed by atoms with van der Waals surface area (Å²) in [7, 11) is -5.28. The van der Waals surface area contributed by atoms with Crippen LogP contribution in [0.4, 0.5) is 4.79 Å². The first kappa shape index (κ1) is 42.4. The molecule has 4 aromatic carbocycles. The molecule has 0 spiro atoms. The predicted octanol–water partition coefficient (Wildman–Crippen LogP) is -2.21. The Morgan fingerprint density at radius 1 is 0.927 bits per heavy atom. The molecule has 16 heteroatoms. The van der Waals surface area contributed by atoms with Crippen molar-refractivity contribution >= 4 is 36.6 Å². The Balaban J connectivity index is 0.00000290. The van der Waals surface area contributed by atoms with Crippen LogP contribution in [0.15, 0.2) is 122 Å². The maximum atomic E-state index is 14.6. The van der Waals surface area contributed by atoms with E-state index < -0.39 is 26.1 Å². The van der Waals surface area contributed by atoms with Crippen LogP contribution >= 0.6 is 7.82 Å². The number of para-hydroxylation sites is 1. The van der Waals surface area contributed by atoms with Crippen molar-refractivity contribution < 1.29 is 92.4 Å². The quantitative estimate of drug-likeness (QED) is 0.0867. The second kappa shape index (κ2) is 18.5. The van der Waals surface area contributed by atoms with Gasteiger partial charge in [-0.3, -0.25) is 9.59 Å². The van der Waals surface area contributed by atoms with Gasteiger partial charge in [0.15, 0.2) is 0 Å². The van der Waals surface area contributed by atoms with Crippen molar-refractivity contribution in [1.29, 1.82) is 0 Å². The molecule has 4 amide bonds. The molecule has 13 nitrogen and oxygen atoms in total. The molecule has 2 N–H and O–H groups in total. The molecular weight excluding hydrogens is 741 g/mol. The summed E-state index contributed by atoms with van der Waals surface area (Å²) < 4.78 is 15.7. The molecule has 0 radical (unpaired) electrons. The van der Waals surface area contributed by atoms with Gasteiger partial charge in [-0.2, -0.15) is 0 Å². The zero-order chi connectivity index (χ0) is 37.1. The maximum absolute atomic E-state index is 14.6. The van der Waals surface area contributed by atoms with Crippen molar-refractivity contribution in [2.75, 3.05) is 19.6 Å². The third kappa shape index (κ3) is 9.64. The average Bonchev–Trinajstić information content (AvgIpc) is 3.59. The molecule has 0 saturated carbocycles. The number of benzene rings is 4. The molecule has 0 unspecified atom stereocenters. The number of phosphoric ester groups is 1. The maximum Gasteiger partial charge on any atom is 1.00 e. The Morgan fingerprint density at radius 3 is 2.29 bits per heavy atom. The van der Waals surface area contributed by atoms with E-state index in [0.29, 0.717) is 5.56 Å². The molecule has 272 valence electrons. The van der Waals surface area contributed by atoms with Crippen LogP contribution in [0.3, 0.4) is 0 Å². The van der Waals surface area contributed by atoms with Crippen molar-refractivity contribution in [3.05, 3.63) is 139 Å². The standard InChI is InChI=1S/C39H39N6O7P.2Na/c1-2-20-43-26-36(46)44-34(21-27-16-18-31(19-17-27)52-53(49,50)51)38(47)42(25-35(44)45(43)39(48)41-22-28-10-5-3-6-11-28)24-30-14-9-15-32-33(23-40-37(30)32)29-12-7-4-8-13-29;;/h2-19,23,34-35,40H,1,20-22,24-26H2,(H,41,48)(H2,49,50,51);;/q;2*+1/p-2/t34-,35-;;/m0../s1. The minimum Gasteiger partial charge on any atom is -0.780 e. The van der Waals surface area contributed by atoms with E-state index in [2.05, 4.69) is 21.4 Å². The number of hydrazine groups is 1. The summed E-state index contributed by atoms with van der Waals surface area (Å²) in [6, 6.07) is 29.6. The van der Waals surface area contributed by atoms with Crippen molar-refractivity contribution in [3.8, 4) is 16.9 Å². The fraction of sp³-hybridized carbons (Fsp3) is 0.205. The fourth-order valence-electron chi connectivity index (χ4n) is 7.15. The third-order valence-corrected chi connectivity index (χ3v) is 9.92. The van der Waals surface area contributed by atoms with E-state index in [4.69, 9.17) is 0 Å². The predicted molar refractivity (Wildman–Crippen MR) is 194 cm³/mol. The van der Waals surface area contributed by atoms with Crippen LogP contribution in [0.2, 0.25) is 0 Å². The van der Waals surface area contributed by atoms with Crippen LogP contribution in [0.5, 0.6) is 5.75 Å². The molecule has 2 atom stereocenters. The smallest absolute Gasteiger partial charge is 0.780 e. The van der Waals surface area contributed by atoms with Gasteiger partial charge in [-0.05, 0) is 34.4 Å². The number of carbonyl (C=O) groups is 3. The van der Waals surface area contributed by atoms with E-state index in [1.54, 1.807) is 28.1 Å². The molecule has 7 rings (SSSR count). The van der Waals surface area contributed by atoms with Crippen LogP contribution in [-0.2, 0) is 33.7 Å². The van der Waals surface area contributed by atoms with E-state index in [9.17, 15) is 28.7 Å². The Kier molecular flexibility index (Phi) is 14.3. The van der Waals surface area contributed by atoms with Gasteiger partial charge in [0.25, 0.3) is 0 Å². The van der Waals surface area contributed by atoms with Gasteiger partial charge in [0, 0.05) is 43.2 Å². The monoisotopic (exact) mass is 778 g/mol. The summed E-state index contributed by atoms with van der Waals surface area (Å²) in [5.41, 5.74) is 5.28. The number of nitrogens with zero attached hydrogens (tertiary/aromatic N) is 4. The van der Waals surface area contributed by atoms with Crippen molar-refractivity contribution in [2.45, 2.75) is 31.7 Å². The van der Waals surface area contributed by atoms with Gasteiger partial charge >= 0.3 is 65.1 Å². The Hall–Kier alpha value is -3.72. The number of aromatic amines is 1. The second-order valence-corrected chi connectivity index (χ2v) is 14.0. The number of hydrogen-bond donors (Lipinski definition) is 2.